The minimum absolute atomic E-state index is 0.0646. The van der Waals surface area contributed by atoms with E-state index in [1.165, 1.54) is 18.2 Å². The Morgan fingerprint density at radius 1 is 1.03 bits per heavy atom. The fourth-order valence-electron chi connectivity index (χ4n) is 4.05. The van der Waals surface area contributed by atoms with E-state index in [2.05, 4.69) is 16.7 Å². The SMILES string of the molecule is COc1cccc(CCC2=C(C(=O)OCc3cccc(C#N)c3)C(c3cccc(F)c3)NC(=O)N2)c1. The zero-order chi connectivity index (χ0) is 25.5. The van der Waals surface area contributed by atoms with Crippen LogP contribution in [0.5, 0.6) is 5.75 Å². The molecular weight excluding hydrogens is 461 g/mol. The molecule has 0 saturated carbocycles. The molecule has 0 aliphatic carbocycles. The zero-order valence-corrected chi connectivity index (χ0v) is 19.6. The van der Waals surface area contributed by atoms with Gasteiger partial charge in [-0.2, -0.15) is 5.26 Å². The topological polar surface area (TPSA) is 100 Å². The Bertz CT molecular complexity index is 1360. The van der Waals surface area contributed by atoms with E-state index in [9.17, 15) is 14.0 Å². The quantitative estimate of drug-likeness (QED) is 0.451. The lowest BCUT2D eigenvalue weighted by atomic mass is 9.93. The maximum absolute atomic E-state index is 14.0. The predicted octanol–water partition coefficient (Wildman–Crippen LogP) is 4.69. The van der Waals surface area contributed by atoms with Gasteiger partial charge < -0.3 is 20.1 Å². The van der Waals surface area contributed by atoms with Gasteiger partial charge in [0, 0.05) is 5.70 Å². The number of carbonyl (C=O) groups is 2. The number of hydrogen-bond donors (Lipinski definition) is 2. The summed E-state index contributed by atoms with van der Waals surface area (Å²) in [6.45, 7) is -0.0646. The lowest BCUT2D eigenvalue weighted by Gasteiger charge is -2.29. The van der Waals surface area contributed by atoms with Gasteiger partial charge in [-0.1, -0.05) is 36.4 Å². The first-order chi connectivity index (χ1) is 17.5. The molecule has 2 amide bonds. The molecule has 1 unspecified atom stereocenters. The van der Waals surface area contributed by atoms with Gasteiger partial charge in [0.2, 0.25) is 0 Å². The van der Waals surface area contributed by atoms with Crippen LogP contribution in [-0.2, 0) is 22.6 Å². The van der Waals surface area contributed by atoms with Crippen molar-refractivity contribution in [3.8, 4) is 11.8 Å². The number of rotatable bonds is 8. The summed E-state index contributed by atoms with van der Waals surface area (Å²) in [5.74, 6) is -0.438. The summed E-state index contributed by atoms with van der Waals surface area (Å²) in [4.78, 5) is 25.9. The number of amides is 2. The molecule has 0 radical (unpaired) electrons. The highest BCUT2D eigenvalue weighted by Gasteiger charge is 2.33. The van der Waals surface area contributed by atoms with E-state index in [0.29, 0.717) is 41.0 Å². The number of nitrogens with one attached hydrogen (secondary N) is 2. The van der Waals surface area contributed by atoms with Gasteiger partial charge in [-0.15, -0.1) is 0 Å². The molecule has 2 N–H and O–H groups in total. The summed E-state index contributed by atoms with van der Waals surface area (Å²) in [6, 6.07) is 20.6. The third-order valence-corrected chi connectivity index (χ3v) is 5.78. The molecule has 1 atom stereocenters. The first kappa shape index (κ1) is 24.5. The highest BCUT2D eigenvalue weighted by molar-refractivity contribution is 5.95. The Labute approximate surface area is 208 Å². The molecule has 7 nitrogen and oxygen atoms in total. The molecule has 3 aromatic carbocycles. The van der Waals surface area contributed by atoms with Gasteiger partial charge in [0.25, 0.3) is 0 Å². The summed E-state index contributed by atoms with van der Waals surface area (Å²) >= 11 is 0. The predicted molar refractivity (Wildman–Crippen MR) is 130 cm³/mol. The van der Waals surface area contributed by atoms with Crippen molar-refractivity contribution in [1.82, 2.24) is 10.6 Å². The van der Waals surface area contributed by atoms with Crippen LogP contribution in [0.25, 0.3) is 0 Å². The molecule has 0 saturated heterocycles. The molecule has 0 aromatic heterocycles. The first-order valence-electron chi connectivity index (χ1n) is 11.3. The number of urea groups is 1. The second kappa shape index (κ2) is 11.2. The van der Waals surface area contributed by atoms with E-state index >= 15 is 0 Å². The van der Waals surface area contributed by atoms with Gasteiger partial charge in [0.05, 0.1) is 30.4 Å². The third-order valence-electron chi connectivity index (χ3n) is 5.78. The molecule has 3 aromatic rings. The second-order valence-corrected chi connectivity index (χ2v) is 8.22. The number of aryl methyl sites for hydroxylation is 1. The number of hydrogen-bond acceptors (Lipinski definition) is 5. The minimum atomic E-state index is -0.896. The van der Waals surface area contributed by atoms with Gasteiger partial charge in [-0.25, -0.2) is 14.0 Å². The molecule has 1 heterocycles. The lowest BCUT2D eigenvalue weighted by molar-refractivity contribution is -0.140. The normalized spacial score (nSPS) is 14.9. The van der Waals surface area contributed by atoms with E-state index in [1.54, 1.807) is 37.4 Å². The maximum atomic E-state index is 14.0. The van der Waals surface area contributed by atoms with Crippen molar-refractivity contribution < 1.29 is 23.5 Å². The van der Waals surface area contributed by atoms with Gasteiger partial charge in [0.1, 0.15) is 18.2 Å². The van der Waals surface area contributed by atoms with E-state index in [4.69, 9.17) is 14.7 Å². The average molecular weight is 486 g/mol. The lowest BCUT2D eigenvalue weighted by Crippen LogP contribution is -2.46. The molecule has 1 aliphatic rings. The zero-order valence-electron chi connectivity index (χ0n) is 19.6. The van der Waals surface area contributed by atoms with Crippen LogP contribution in [0, 0.1) is 17.1 Å². The molecular formula is C28H24FN3O4. The molecule has 36 heavy (non-hydrogen) atoms. The highest BCUT2D eigenvalue weighted by atomic mass is 19.1. The number of ether oxygens (including phenoxy) is 2. The van der Waals surface area contributed by atoms with Gasteiger partial charge in [-0.3, -0.25) is 0 Å². The van der Waals surface area contributed by atoms with Crippen molar-refractivity contribution in [2.45, 2.75) is 25.5 Å². The smallest absolute Gasteiger partial charge is 0.338 e. The van der Waals surface area contributed by atoms with Gasteiger partial charge >= 0.3 is 12.0 Å². The fourth-order valence-corrected chi connectivity index (χ4v) is 4.05. The van der Waals surface area contributed by atoms with Crippen molar-refractivity contribution in [3.05, 3.63) is 112 Å². The fraction of sp³-hybridized carbons (Fsp3) is 0.179. The van der Waals surface area contributed by atoms with Gasteiger partial charge in [-0.05, 0) is 65.9 Å². The molecule has 4 rings (SSSR count). The summed E-state index contributed by atoms with van der Waals surface area (Å²) in [6.07, 6.45) is 0.852. The number of nitriles is 1. The number of carbonyl (C=O) groups excluding carboxylic acids is 2. The Hall–Kier alpha value is -4.64. The standard InChI is InChI=1S/C28H24FN3O4/c1-35-23-10-3-5-18(14-23)11-12-24-25(27(33)36-17-20-7-2-6-19(13-20)16-30)26(32-28(34)31-24)21-8-4-9-22(29)15-21/h2-10,13-15,26H,11-12,17H2,1H3,(H2,31,32,34). The van der Waals surface area contributed by atoms with Crippen LogP contribution in [0.4, 0.5) is 9.18 Å². The van der Waals surface area contributed by atoms with Crippen LogP contribution < -0.4 is 15.4 Å². The number of allylic oxidation sites excluding steroid dienone is 1. The maximum Gasteiger partial charge on any atom is 0.338 e. The molecule has 1 aliphatic heterocycles. The Kier molecular flexibility index (Phi) is 7.61. The van der Waals surface area contributed by atoms with Crippen LogP contribution >= 0.6 is 0 Å². The number of esters is 1. The Morgan fingerprint density at radius 3 is 2.58 bits per heavy atom. The monoisotopic (exact) mass is 485 g/mol. The molecule has 8 heteroatoms. The largest absolute Gasteiger partial charge is 0.497 e. The van der Waals surface area contributed by atoms with Crippen molar-refractivity contribution in [2.75, 3.05) is 7.11 Å². The Balaban J connectivity index is 1.65. The van der Waals surface area contributed by atoms with Crippen molar-refractivity contribution in [1.29, 1.82) is 5.26 Å². The summed E-state index contributed by atoms with van der Waals surface area (Å²) in [7, 11) is 1.58. The minimum Gasteiger partial charge on any atom is -0.497 e. The summed E-state index contributed by atoms with van der Waals surface area (Å²) in [5.41, 5.74) is 3.06. The average Bonchev–Trinajstić information content (AvgIpc) is 2.90. The van der Waals surface area contributed by atoms with Crippen LogP contribution in [0.15, 0.2) is 84.1 Å². The number of benzene rings is 3. The summed E-state index contributed by atoms with van der Waals surface area (Å²) < 4.78 is 24.9. The van der Waals surface area contributed by atoms with Gasteiger partial charge in [0.15, 0.2) is 0 Å². The number of nitrogens with zero attached hydrogens (tertiary/aromatic N) is 1. The van der Waals surface area contributed by atoms with Crippen LogP contribution in [0.3, 0.4) is 0 Å². The van der Waals surface area contributed by atoms with Crippen molar-refractivity contribution in [2.24, 2.45) is 0 Å². The van der Waals surface area contributed by atoms with E-state index in [-0.39, 0.29) is 12.2 Å². The van der Waals surface area contributed by atoms with Crippen molar-refractivity contribution in [3.63, 3.8) is 0 Å². The first-order valence-corrected chi connectivity index (χ1v) is 11.3. The van der Waals surface area contributed by atoms with E-state index in [1.807, 2.05) is 24.3 Å². The molecule has 0 fully saturated rings. The Morgan fingerprint density at radius 2 is 1.81 bits per heavy atom. The highest BCUT2D eigenvalue weighted by Crippen LogP contribution is 2.30. The van der Waals surface area contributed by atoms with Crippen LogP contribution in [-0.4, -0.2) is 19.1 Å². The van der Waals surface area contributed by atoms with E-state index in [0.717, 1.165) is 5.56 Å². The van der Waals surface area contributed by atoms with Crippen molar-refractivity contribution >= 4 is 12.0 Å². The van der Waals surface area contributed by atoms with Crippen LogP contribution in [0.1, 0.15) is 34.7 Å². The number of halogens is 1. The molecule has 0 bridgehead atoms. The molecule has 0 spiro atoms. The van der Waals surface area contributed by atoms with Crippen LogP contribution in [0.2, 0.25) is 0 Å². The number of methoxy groups -OCH3 is 1. The summed E-state index contributed by atoms with van der Waals surface area (Å²) in [5, 5.41) is 14.6. The second-order valence-electron chi connectivity index (χ2n) is 8.22. The van der Waals surface area contributed by atoms with E-state index < -0.39 is 23.9 Å². The molecule has 182 valence electrons. The third kappa shape index (κ3) is 5.88.